The zero-order valence-electron chi connectivity index (χ0n) is 29.6. The summed E-state index contributed by atoms with van der Waals surface area (Å²) >= 11 is 0. The van der Waals surface area contributed by atoms with Crippen LogP contribution >= 0.6 is 0 Å². The molecule has 7 rings (SSSR count). The standard InChI is InChI=1S/C39H46N2O6Si2/c1-23(2)48(24(3)4)44-22-34-33(46-49(47-48,25(5)6)26(7)8)20-35(45-34)41-21-32(38(42)40-39(41)43)13-12-27-18-30-16-14-28-10-9-11-29-15-17-31(19-27)37(30)36(28)29/h9-11,14-19,21,23-26,33-35H,20,22H2,1-8H3,(H,40,42,43)/t33-,34-,35-/m1/s1. The first-order valence-corrected chi connectivity index (χ1v) is 21.5. The van der Waals surface area contributed by atoms with Gasteiger partial charge in [-0.2, -0.15) is 0 Å². The number of H-pyrrole nitrogens is 1. The van der Waals surface area contributed by atoms with Crippen LogP contribution in [0.2, 0.25) is 22.2 Å². The van der Waals surface area contributed by atoms with Gasteiger partial charge in [-0.25, -0.2) is 4.79 Å². The fraction of sp³-hybridized carbons (Fsp3) is 0.436. The number of aromatic amines is 1. The zero-order valence-corrected chi connectivity index (χ0v) is 31.6. The molecule has 49 heavy (non-hydrogen) atoms. The Morgan fingerprint density at radius 3 is 1.92 bits per heavy atom. The van der Waals surface area contributed by atoms with Crippen molar-refractivity contribution in [2.75, 3.05) is 6.61 Å². The maximum absolute atomic E-state index is 13.3. The topological polar surface area (TPSA) is 91.8 Å². The summed E-state index contributed by atoms with van der Waals surface area (Å²) in [6, 6.07) is 19.0. The molecule has 2 aliphatic heterocycles. The quantitative estimate of drug-likeness (QED) is 0.114. The van der Waals surface area contributed by atoms with Gasteiger partial charge in [0.05, 0.1) is 12.7 Å². The molecule has 3 atom stereocenters. The molecule has 0 aliphatic carbocycles. The van der Waals surface area contributed by atoms with Gasteiger partial charge in [0.2, 0.25) is 0 Å². The molecule has 0 radical (unpaired) electrons. The molecular formula is C39H46N2O6Si2. The highest BCUT2D eigenvalue weighted by Gasteiger charge is 2.60. The van der Waals surface area contributed by atoms with E-state index in [1.165, 1.54) is 32.3 Å². The summed E-state index contributed by atoms with van der Waals surface area (Å²) in [7, 11) is -5.57. The SMILES string of the molecule is CC(C)[Si]1(C(C)C)OC[C@H]2O[C@@H](n3cc(C#Cc4cc5ccc6cccc7ccc(c4)c5c67)c(=O)[nH]c3=O)C[C@H]2O[Si](C(C)C)(C(C)C)O1. The Bertz CT molecular complexity index is 2130. The summed E-state index contributed by atoms with van der Waals surface area (Å²) in [6.07, 6.45) is 0.602. The highest BCUT2D eigenvalue weighted by molar-refractivity contribution is 6.84. The van der Waals surface area contributed by atoms with Crippen molar-refractivity contribution >= 4 is 49.4 Å². The molecule has 256 valence electrons. The second kappa shape index (κ2) is 12.6. The average Bonchev–Trinajstić information content (AvgIpc) is 3.43. The molecule has 1 N–H and O–H groups in total. The molecule has 5 aromatic rings. The second-order valence-electron chi connectivity index (χ2n) is 15.0. The van der Waals surface area contributed by atoms with Crippen LogP contribution in [0.1, 0.15) is 79.2 Å². The van der Waals surface area contributed by atoms with Crippen molar-refractivity contribution in [3.05, 3.63) is 92.8 Å². The van der Waals surface area contributed by atoms with E-state index in [2.05, 4.69) is 127 Å². The molecule has 0 unspecified atom stereocenters. The Hall–Kier alpha value is -3.57. The molecule has 4 aromatic carbocycles. The fourth-order valence-corrected chi connectivity index (χ4v) is 19.3. The molecule has 10 heteroatoms. The van der Waals surface area contributed by atoms with Crippen molar-refractivity contribution in [2.45, 2.75) is 102 Å². The first-order valence-electron chi connectivity index (χ1n) is 17.6. The van der Waals surface area contributed by atoms with E-state index in [0.29, 0.717) is 13.0 Å². The van der Waals surface area contributed by atoms with E-state index in [1.807, 2.05) is 0 Å². The number of hydrogen-bond donors (Lipinski definition) is 1. The van der Waals surface area contributed by atoms with Crippen molar-refractivity contribution in [3.63, 3.8) is 0 Å². The summed E-state index contributed by atoms with van der Waals surface area (Å²) in [5, 5.41) is 7.04. The molecule has 3 heterocycles. The van der Waals surface area contributed by atoms with Crippen molar-refractivity contribution in [3.8, 4) is 11.8 Å². The van der Waals surface area contributed by atoms with Gasteiger partial charge in [0.1, 0.15) is 17.9 Å². The van der Waals surface area contributed by atoms with E-state index < -0.39 is 34.6 Å². The predicted octanol–water partition coefficient (Wildman–Crippen LogP) is 8.08. The summed E-state index contributed by atoms with van der Waals surface area (Å²) in [6.45, 7) is 17.8. The van der Waals surface area contributed by atoms with E-state index in [4.69, 9.17) is 17.7 Å². The lowest BCUT2D eigenvalue weighted by Gasteiger charge is -2.51. The number of ether oxygens (including phenoxy) is 1. The minimum atomic E-state index is -2.84. The monoisotopic (exact) mass is 694 g/mol. The third kappa shape index (κ3) is 5.70. The van der Waals surface area contributed by atoms with Crippen LogP contribution in [0.15, 0.2) is 70.4 Å². The second-order valence-corrected chi connectivity index (χ2v) is 23.8. The lowest BCUT2D eigenvalue weighted by atomic mass is 9.93. The molecule has 2 saturated heterocycles. The number of aromatic nitrogens is 2. The molecule has 2 aliphatic rings. The average molecular weight is 695 g/mol. The van der Waals surface area contributed by atoms with Crippen LogP contribution < -0.4 is 11.2 Å². The Morgan fingerprint density at radius 2 is 1.33 bits per heavy atom. The maximum atomic E-state index is 13.3. The van der Waals surface area contributed by atoms with E-state index >= 15 is 0 Å². The van der Waals surface area contributed by atoms with E-state index in [1.54, 1.807) is 0 Å². The van der Waals surface area contributed by atoms with E-state index in [0.717, 1.165) is 16.3 Å². The Balaban J connectivity index is 1.22. The summed E-state index contributed by atoms with van der Waals surface area (Å²) in [5.74, 6) is 6.25. The van der Waals surface area contributed by atoms with Crippen molar-refractivity contribution in [2.24, 2.45) is 0 Å². The van der Waals surface area contributed by atoms with Gasteiger partial charge in [-0.1, -0.05) is 110 Å². The minimum absolute atomic E-state index is 0.178. The lowest BCUT2D eigenvalue weighted by Crippen LogP contribution is -2.65. The molecule has 0 saturated carbocycles. The third-order valence-corrected chi connectivity index (χ3v) is 20.9. The lowest BCUT2D eigenvalue weighted by molar-refractivity contribution is -0.0566. The number of nitrogens with one attached hydrogen (secondary N) is 1. The normalized spacial score (nSPS) is 22.2. The smallest absolute Gasteiger partial charge is 0.335 e. The van der Waals surface area contributed by atoms with Gasteiger partial charge >= 0.3 is 22.8 Å². The fourth-order valence-electron chi connectivity index (χ4n) is 8.06. The van der Waals surface area contributed by atoms with Crippen LogP contribution in [0.4, 0.5) is 0 Å². The summed E-state index contributed by atoms with van der Waals surface area (Å²) in [4.78, 5) is 28.8. The molecule has 0 bridgehead atoms. The molecule has 1 aromatic heterocycles. The maximum Gasteiger partial charge on any atom is 0.335 e. The van der Waals surface area contributed by atoms with Gasteiger partial charge in [0.15, 0.2) is 0 Å². The number of benzene rings is 4. The summed E-state index contributed by atoms with van der Waals surface area (Å²) < 4.78 is 29.3. The third-order valence-electron chi connectivity index (χ3n) is 10.6. The number of hydrogen-bond acceptors (Lipinski definition) is 6. The molecule has 0 amide bonds. The van der Waals surface area contributed by atoms with Gasteiger partial charge in [-0.05, 0) is 66.6 Å². The summed E-state index contributed by atoms with van der Waals surface area (Å²) in [5.41, 5.74) is 0.693. The Labute approximate surface area is 289 Å². The molecule has 8 nitrogen and oxygen atoms in total. The van der Waals surface area contributed by atoms with Gasteiger partial charge in [0.25, 0.3) is 5.56 Å². The Morgan fingerprint density at radius 1 is 0.755 bits per heavy atom. The molecular weight excluding hydrogens is 649 g/mol. The first-order chi connectivity index (χ1) is 23.3. The van der Waals surface area contributed by atoms with Crippen LogP contribution in [0.5, 0.6) is 0 Å². The number of fused-ring (bicyclic) bond motifs is 1. The minimum Gasteiger partial charge on any atom is -0.414 e. The van der Waals surface area contributed by atoms with Gasteiger partial charge in [-0.3, -0.25) is 14.3 Å². The van der Waals surface area contributed by atoms with Gasteiger partial charge < -0.3 is 17.7 Å². The number of nitrogens with zero attached hydrogens (tertiary/aromatic N) is 1. The Kier molecular flexibility index (Phi) is 8.75. The highest BCUT2D eigenvalue weighted by atomic mass is 28.5. The largest absolute Gasteiger partial charge is 0.414 e. The van der Waals surface area contributed by atoms with Crippen molar-refractivity contribution in [1.82, 2.24) is 9.55 Å². The molecule has 0 spiro atoms. The van der Waals surface area contributed by atoms with Crippen LogP contribution in [0.25, 0.3) is 32.3 Å². The van der Waals surface area contributed by atoms with E-state index in [9.17, 15) is 9.59 Å². The molecule has 2 fully saturated rings. The number of rotatable bonds is 5. The zero-order chi connectivity index (χ0) is 34.8. The van der Waals surface area contributed by atoms with Crippen LogP contribution in [0.3, 0.4) is 0 Å². The van der Waals surface area contributed by atoms with Crippen molar-refractivity contribution < 1.29 is 17.7 Å². The van der Waals surface area contributed by atoms with Crippen LogP contribution in [-0.2, 0) is 17.7 Å². The predicted molar refractivity (Wildman–Crippen MR) is 200 cm³/mol. The highest BCUT2D eigenvalue weighted by Crippen LogP contribution is 2.48. The first kappa shape index (κ1) is 33.9. The van der Waals surface area contributed by atoms with Crippen LogP contribution in [-0.4, -0.2) is 45.5 Å². The van der Waals surface area contributed by atoms with Gasteiger partial charge in [0, 0.05) is 18.2 Å². The van der Waals surface area contributed by atoms with Crippen LogP contribution in [0, 0.1) is 11.8 Å². The van der Waals surface area contributed by atoms with E-state index in [-0.39, 0.29) is 39.9 Å². The van der Waals surface area contributed by atoms with Gasteiger partial charge in [-0.15, -0.1) is 0 Å². The van der Waals surface area contributed by atoms with Crippen molar-refractivity contribution in [1.29, 1.82) is 0 Å².